The van der Waals surface area contributed by atoms with Gasteiger partial charge in [0.05, 0.1) is 19.1 Å². The van der Waals surface area contributed by atoms with E-state index >= 15 is 0 Å². The first-order valence-electron chi connectivity index (χ1n) is 14.3. The van der Waals surface area contributed by atoms with Crippen molar-refractivity contribution in [1.29, 1.82) is 0 Å². The van der Waals surface area contributed by atoms with Crippen LogP contribution in [0.3, 0.4) is 0 Å². The lowest BCUT2D eigenvalue weighted by Crippen LogP contribution is -2.46. The Kier molecular flexibility index (Phi) is 9.07. The molecular formula is C36H37NO3. The maximum absolute atomic E-state index is 14.1. The summed E-state index contributed by atoms with van der Waals surface area (Å²) in [5.41, 5.74) is 5.89. The molecule has 0 saturated heterocycles. The molecule has 4 nitrogen and oxygen atoms in total. The number of carbonyl (C=O) groups excluding carboxylic acids is 2. The second-order valence-corrected chi connectivity index (χ2v) is 10.8. The van der Waals surface area contributed by atoms with E-state index in [-0.39, 0.29) is 17.9 Å². The van der Waals surface area contributed by atoms with Gasteiger partial charge < -0.3 is 9.64 Å². The lowest BCUT2D eigenvalue weighted by Gasteiger charge is -2.40. The molecule has 4 aromatic rings. The highest BCUT2D eigenvalue weighted by Gasteiger charge is 2.33. The SMILES string of the molecule is COC(=O)c1cccc(-c2cccc(CC(=O)N(Cc3ccccc3)[C@@H]3CCCC[C@H]3Cc3ccccc3)c2)c1. The van der Waals surface area contributed by atoms with Crippen LogP contribution >= 0.6 is 0 Å². The van der Waals surface area contributed by atoms with Crippen molar-refractivity contribution in [2.45, 2.75) is 51.1 Å². The fourth-order valence-electron chi connectivity index (χ4n) is 6.00. The zero-order valence-corrected chi connectivity index (χ0v) is 23.2. The number of carbonyl (C=O) groups is 2. The summed E-state index contributed by atoms with van der Waals surface area (Å²) >= 11 is 0. The van der Waals surface area contributed by atoms with E-state index in [1.165, 1.54) is 19.1 Å². The molecule has 1 amide bonds. The number of methoxy groups -OCH3 is 1. The van der Waals surface area contributed by atoms with Crippen molar-refractivity contribution in [1.82, 2.24) is 4.90 Å². The van der Waals surface area contributed by atoms with Crippen molar-refractivity contribution in [3.8, 4) is 11.1 Å². The molecule has 1 fully saturated rings. The molecule has 5 rings (SSSR count). The van der Waals surface area contributed by atoms with Crippen molar-refractivity contribution >= 4 is 11.9 Å². The first kappa shape index (κ1) is 27.4. The molecular weight excluding hydrogens is 494 g/mol. The third-order valence-corrected chi connectivity index (χ3v) is 8.03. The minimum absolute atomic E-state index is 0.161. The van der Waals surface area contributed by atoms with E-state index in [9.17, 15) is 9.59 Å². The van der Waals surface area contributed by atoms with Gasteiger partial charge in [-0.15, -0.1) is 0 Å². The number of ether oxygens (including phenoxy) is 1. The summed E-state index contributed by atoms with van der Waals surface area (Å²) in [7, 11) is 1.39. The molecule has 0 aromatic heterocycles. The van der Waals surface area contributed by atoms with E-state index in [2.05, 4.69) is 53.4 Å². The Labute approximate surface area is 237 Å². The lowest BCUT2D eigenvalue weighted by molar-refractivity contribution is -0.135. The van der Waals surface area contributed by atoms with Gasteiger partial charge in [0.25, 0.3) is 0 Å². The predicted molar refractivity (Wildman–Crippen MR) is 160 cm³/mol. The fourth-order valence-corrected chi connectivity index (χ4v) is 6.00. The van der Waals surface area contributed by atoms with E-state index in [0.29, 0.717) is 24.4 Å². The first-order chi connectivity index (χ1) is 19.6. The molecule has 0 spiro atoms. The Balaban J connectivity index is 1.40. The quantitative estimate of drug-likeness (QED) is 0.210. The molecule has 0 N–H and O–H groups in total. The summed E-state index contributed by atoms with van der Waals surface area (Å²) in [4.78, 5) is 28.3. The van der Waals surface area contributed by atoms with E-state index in [0.717, 1.165) is 47.9 Å². The zero-order chi connectivity index (χ0) is 27.7. The Bertz CT molecular complexity index is 1420. The third-order valence-electron chi connectivity index (χ3n) is 8.03. The Morgan fingerprint density at radius 3 is 2.08 bits per heavy atom. The first-order valence-corrected chi connectivity index (χ1v) is 14.3. The van der Waals surface area contributed by atoms with Crippen LogP contribution in [0.15, 0.2) is 109 Å². The van der Waals surface area contributed by atoms with Gasteiger partial charge in [-0.2, -0.15) is 0 Å². The Morgan fingerprint density at radius 2 is 1.35 bits per heavy atom. The van der Waals surface area contributed by atoms with Crippen LogP contribution in [0, 0.1) is 5.92 Å². The molecule has 204 valence electrons. The summed E-state index contributed by atoms with van der Waals surface area (Å²) in [6, 6.07) is 36.8. The monoisotopic (exact) mass is 531 g/mol. The number of esters is 1. The molecule has 0 heterocycles. The second kappa shape index (κ2) is 13.3. The number of nitrogens with zero attached hydrogens (tertiary/aromatic N) is 1. The molecule has 1 saturated carbocycles. The fraction of sp³-hybridized carbons (Fsp3) is 0.278. The average Bonchev–Trinajstić information content (AvgIpc) is 3.01. The van der Waals surface area contributed by atoms with Crippen LogP contribution in [0.1, 0.15) is 52.7 Å². The van der Waals surface area contributed by atoms with Gasteiger partial charge in [-0.3, -0.25) is 4.79 Å². The summed E-state index contributed by atoms with van der Waals surface area (Å²) in [5, 5.41) is 0. The normalized spacial score (nSPS) is 16.7. The van der Waals surface area contributed by atoms with Gasteiger partial charge in [0.1, 0.15) is 0 Å². The van der Waals surface area contributed by atoms with Crippen LogP contribution in [0.5, 0.6) is 0 Å². The highest BCUT2D eigenvalue weighted by atomic mass is 16.5. The van der Waals surface area contributed by atoms with Gasteiger partial charge in [0, 0.05) is 12.6 Å². The number of amides is 1. The molecule has 4 aromatic carbocycles. The summed E-state index contributed by atoms with van der Waals surface area (Å²) < 4.78 is 4.89. The highest BCUT2D eigenvalue weighted by Crippen LogP contribution is 2.33. The molecule has 40 heavy (non-hydrogen) atoms. The van der Waals surface area contributed by atoms with Crippen LogP contribution in [0.2, 0.25) is 0 Å². The number of hydrogen-bond donors (Lipinski definition) is 0. The smallest absolute Gasteiger partial charge is 0.337 e. The largest absolute Gasteiger partial charge is 0.465 e. The van der Waals surface area contributed by atoms with Crippen LogP contribution in [0.25, 0.3) is 11.1 Å². The second-order valence-electron chi connectivity index (χ2n) is 10.8. The van der Waals surface area contributed by atoms with Crippen LogP contribution in [0.4, 0.5) is 0 Å². The van der Waals surface area contributed by atoms with Gasteiger partial charge in [0.15, 0.2) is 0 Å². The van der Waals surface area contributed by atoms with E-state index in [1.54, 1.807) is 6.07 Å². The predicted octanol–water partition coefficient (Wildman–Crippen LogP) is 7.51. The molecule has 0 unspecified atom stereocenters. The third kappa shape index (κ3) is 6.87. The summed E-state index contributed by atoms with van der Waals surface area (Å²) in [5.74, 6) is 0.243. The number of hydrogen-bond acceptors (Lipinski definition) is 3. The average molecular weight is 532 g/mol. The van der Waals surface area contributed by atoms with Crippen molar-refractivity contribution in [3.63, 3.8) is 0 Å². The topological polar surface area (TPSA) is 46.6 Å². The van der Waals surface area contributed by atoms with Crippen molar-refractivity contribution in [2.24, 2.45) is 5.92 Å². The van der Waals surface area contributed by atoms with Crippen molar-refractivity contribution in [3.05, 3.63) is 131 Å². The molecule has 0 bridgehead atoms. The highest BCUT2D eigenvalue weighted by molar-refractivity contribution is 5.91. The summed E-state index contributed by atoms with van der Waals surface area (Å²) in [6.45, 7) is 0.622. The van der Waals surface area contributed by atoms with Gasteiger partial charge in [-0.05, 0) is 65.1 Å². The number of benzene rings is 4. The van der Waals surface area contributed by atoms with Gasteiger partial charge in [-0.1, -0.05) is 110 Å². The molecule has 2 atom stereocenters. The molecule has 0 aliphatic heterocycles. The Hall–Kier alpha value is -4.18. The molecule has 1 aliphatic carbocycles. The lowest BCUT2D eigenvalue weighted by atomic mass is 9.79. The zero-order valence-electron chi connectivity index (χ0n) is 23.2. The van der Waals surface area contributed by atoms with Crippen molar-refractivity contribution < 1.29 is 14.3 Å². The maximum atomic E-state index is 14.1. The molecule has 0 radical (unpaired) electrons. The minimum atomic E-state index is -0.359. The van der Waals surface area contributed by atoms with Crippen LogP contribution in [-0.4, -0.2) is 29.9 Å². The van der Waals surface area contributed by atoms with Crippen LogP contribution < -0.4 is 0 Å². The van der Waals surface area contributed by atoms with Gasteiger partial charge in [-0.25, -0.2) is 4.79 Å². The van der Waals surface area contributed by atoms with Crippen LogP contribution in [-0.2, 0) is 28.9 Å². The van der Waals surface area contributed by atoms with E-state index < -0.39 is 0 Å². The Morgan fingerprint density at radius 1 is 0.725 bits per heavy atom. The minimum Gasteiger partial charge on any atom is -0.465 e. The summed E-state index contributed by atoms with van der Waals surface area (Å²) in [6.07, 6.45) is 5.89. The van der Waals surface area contributed by atoms with Gasteiger partial charge >= 0.3 is 5.97 Å². The standard InChI is InChI=1S/C36H37NO3/c1-40-36(39)33-20-11-19-31(25-33)30-18-10-16-29(23-30)24-35(38)37(26-28-14-6-3-7-15-28)34-21-9-8-17-32(34)22-27-12-4-2-5-13-27/h2-7,10-16,18-20,23,25,32,34H,8-9,17,21-22,24,26H2,1H3/t32-,34+/m0/s1. The molecule has 4 heteroatoms. The van der Waals surface area contributed by atoms with Crippen molar-refractivity contribution in [2.75, 3.05) is 7.11 Å². The maximum Gasteiger partial charge on any atom is 0.337 e. The van der Waals surface area contributed by atoms with Gasteiger partial charge in [0.2, 0.25) is 5.91 Å². The van der Waals surface area contributed by atoms with E-state index in [1.807, 2.05) is 54.6 Å². The molecule has 1 aliphatic rings. The number of rotatable bonds is 9. The van der Waals surface area contributed by atoms with E-state index in [4.69, 9.17) is 4.74 Å².